The molecule has 3 nitrogen and oxygen atoms in total. The molecule has 0 aromatic carbocycles. The molecule has 2 fully saturated rings. The lowest BCUT2D eigenvalue weighted by Crippen LogP contribution is -2.45. The van der Waals surface area contributed by atoms with Crippen LogP contribution in [0.25, 0.3) is 0 Å². The fraction of sp³-hybridized carbons (Fsp3) is 0.917. The van der Waals surface area contributed by atoms with Crippen molar-refractivity contribution in [2.24, 2.45) is 11.8 Å². The van der Waals surface area contributed by atoms with Gasteiger partial charge in [-0.05, 0) is 31.2 Å². The number of hydrogen-bond acceptors (Lipinski definition) is 2. The molecule has 2 rings (SSSR count). The van der Waals surface area contributed by atoms with Gasteiger partial charge in [0.1, 0.15) is 6.04 Å². The Morgan fingerprint density at radius 3 is 2.47 bits per heavy atom. The van der Waals surface area contributed by atoms with Crippen LogP contribution in [0.15, 0.2) is 0 Å². The van der Waals surface area contributed by atoms with E-state index >= 15 is 0 Å². The van der Waals surface area contributed by atoms with E-state index in [0.29, 0.717) is 5.92 Å². The van der Waals surface area contributed by atoms with Crippen LogP contribution in [0.2, 0.25) is 0 Å². The summed E-state index contributed by atoms with van der Waals surface area (Å²) in [5.74, 6) is 0.797. The summed E-state index contributed by atoms with van der Waals surface area (Å²) in [6.07, 6.45) is 8.77. The fourth-order valence-corrected chi connectivity index (χ4v) is 3.17. The first-order valence-corrected chi connectivity index (χ1v) is 6.23. The van der Waals surface area contributed by atoms with Gasteiger partial charge in [0, 0.05) is 0 Å². The molecule has 2 atom stereocenters. The van der Waals surface area contributed by atoms with E-state index in [-0.39, 0.29) is 6.04 Å². The first kappa shape index (κ1) is 10.9. The molecule has 0 aromatic rings. The minimum Gasteiger partial charge on any atom is -0.480 e. The summed E-state index contributed by atoms with van der Waals surface area (Å²) in [6.45, 7) is 0.887. The smallest absolute Gasteiger partial charge is 0.320 e. The zero-order valence-corrected chi connectivity index (χ0v) is 9.24. The van der Waals surface area contributed by atoms with Crippen LogP contribution in [-0.4, -0.2) is 23.7 Å². The third-order valence-corrected chi connectivity index (χ3v) is 4.06. The second-order valence-corrected chi connectivity index (χ2v) is 5.03. The molecule has 1 aliphatic carbocycles. The van der Waals surface area contributed by atoms with Gasteiger partial charge in [-0.15, -0.1) is 0 Å². The van der Waals surface area contributed by atoms with Gasteiger partial charge in [-0.2, -0.15) is 0 Å². The van der Waals surface area contributed by atoms with Crippen molar-refractivity contribution < 1.29 is 9.90 Å². The Labute approximate surface area is 91.2 Å². The minimum atomic E-state index is -0.671. The highest BCUT2D eigenvalue weighted by Crippen LogP contribution is 2.35. The van der Waals surface area contributed by atoms with Gasteiger partial charge in [-0.25, -0.2) is 0 Å². The number of carbonyl (C=O) groups is 1. The standard InChI is InChI=1S/C12H21NO2/c14-12(15)11-8-10(6-7-13-11)9-4-2-1-3-5-9/h9-11,13H,1-8H2,(H,14,15)/t10-,11+/m1/s1. The summed E-state index contributed by atoms with van der Waals surface area (Å²) in [5, 5.41) is 12.1. The van der Waals surface area contributed by atoms with Crippen molar-refractivity contribution in [2.45, 2.75) is 51.0 Å². The average Bonchev–Trinajstić information content (AvgIpc) is 2.30. The molecule has 0 radical (unpaired) electrons. The third kappa shape index (κ3) is 2.71. The van der Waals surface area contributed by atoms with Crippen LogP contribution in [0.3, 0.4) is 0 Å². The lowest BCUT2D eigenvalue weighted by molar-refractivity contribution is -0.140. The molecule has 3 heteroatoms. The van der Waals surface area contributed by atoms with E-state index in [1.54, 1.807) is 0 Å². The maximum Gasteiger partial charge on any atom is 0.320 e. The lowest BCUT2D eigenvalue weighted by Gasteiger charge is -2.35. The number of rotatable bonds is 2. The molecule has 0 aromatic heterocycles. The summed E-state index contributed by atoms with van der Waals surface area (Å²) in [7, 11) is 0. The largest absolute Gasteiger partial charge is 0.480 e. The number of carboxylic acid groups (broad SMARTS) is 1. The van der Waals surface area contributed by atoms with E-state index in [1.807, 2.05) is 0 Å². The highest BCUT2D eigenvalue weighted by molar-refractivity contribution is 5.73. The van der Waals surface area contributed by atoms with Crippen LogP contribution >= 0.6 is 0 Å². The third-order valence-electron chi connectivity index (χ3n) is 4.06. The van der Waals surface area contributed by atoms with Crippen molar-refractivity contribution in [1.82, 2.24) is 5.32 Å². The van der Waals surface area contributed by atoms with Gasteiger partial charge in [0.2, 0.25) is 0 Å². The Kier molecular flexibility index (Phi) is 3.62. The Balaban J connectivity index is 1.88. The highest BCUT2D eigenvalue weighted by atomic mass is 16.4. The molecule has 0 amide bonds. The van der Waals surface area contributed by atoms with E-state index in [4.69, 9.17) is 5.11 Å². The quantitative estimate of drug-likeness (QED) is 0.734. The number of aliphatic carboxylic acids is 1. The van der Waals surface area contributed by atoms with Crippen molar-refractivity contribution in [3.8, 4) is 0 Å². The minimum absolute atomic E-state index is 0.286. The van der Waals surface area contributed by atoms with E-state index < -0.39 is 5.97 Å². The summed E-state index contributed by atoms with van der Waals surface area (Å²) < 4.78 is 0. The van der Waals surface area contributed by atoms with Crippen LogP contribution in [0.1, 0.15) is 44.9 Å². The maximum atomic E-state index is 10.9. The monoisotopic (exact) mass is 211 g/mol. The van der Waals surface area contributed by atoms with Crippen molar-refractivity contribution in [2.75, 3.05) is 6.54 Å². The average molecular weight is 211 g/mol. The Hall–Kier alpha value is -0.570. The molecule has 0 spiro atoms. The number of carboxylic acids is 1. The molecule has 2 N–H and O–H groups in total. The molecule has 1 saturated carbocycles. The number of piperidine rings is 1. The molecule has 1 heterocycles. The van der Waals surface area contributed by atoms with Gasteiger partial charge >= 0.3 is 5.97 Å². The Bertz CT molecular complexity index is 224. The first-order valence-electron chi connectivity index (χ1n) is 6.23. The predicted molar refractivity (Wildman–Crippen MR) is 58.7 cm³/mol. The zero-order valence-electron chi connectivity index (χ0n) is 9.24. The second-order valence-electron chi connectivity index (χ2n) is 5.03. The van der Waals surface area contributed by atoms with Gasteiger partial charge in [-0.3, -0.25) is 4.79 Å². The molecular weight excluding hydrogens is 190 g/mol. The molecule has 86 valence electrons. The van der Waals surface area contributed by atoms with Gasteiger partial charge in [-0.1, -0.05) is 32.1 Å². The molecule has 1 saturated heterocycles. The van der Waals surface area contributed by atoms with Crippen LogP contribution < -0.4 is 5.32 Å². The lowest BCUT2D eigenvalue weighted by atomic mass is 9.74. The summed E-state index contributed by atoms with van der Waals surface area (Å²) in [5.41, 5.74) is 0. The molecule has 0 bridgehead atoms. The second kappa shape index (κ2) is 4.97. The van der Waals surface area contributed by atoms with Gasteiger partial charge < -0.3 is 10.4 Å². The summed E-state index contributed by atoms with van der Waals surface area (Å²) in [4.78, 5) is 10.9. The van der Waals surface area contributed by atoms with E-state index in [2.05, 4.69) is 5.32 Å². The van der Waals surface area contributed by atoms with Gasteiger partial charge in [0.25, 0.3) is 0 Å². The van der Waals surface area contributed by atoms with Crippen molar-refractivity contribution in [3.05, 3.63) is 0 Å². The number of nitrogens with one attached hydrogen (secondary N) is 1. The molecule has 1 aliphatic heterocycles. The van der Waals surface area contributed by atoms with Crippen LogP contribution in [0, 0.1) is 11.8 Å². The summed E-state index contributed by atoms with van der Waals surface area (Å²) in [6, 6.07) is -0.286. The predicted octanol–water partition coefficient (Wildman–Crippen LogP) is 2.02. The van der Waals surface area contributed by atoms with Crippen LogP contribution in [0.4, 0.5) is 0 Å². The van der Waals surface area contributed by atoms with E-state index in [0.717, 1.165) is 18.9 Å². The Morgan fingerprint density at radius 1 is 1.07 bits per heavy atom. The van der Waals surface area contributed by atoms with Gasteiger partial charge in [0.05, 0.1) is 0 Å². The van der Waals surface area contributed by atoms with Gasteiger partial charge in [0.15, 0.2) is 0 Å². The van der Waals surface area contributed by atoms with Crippen molar-refractivity contribution >= 4 is 5.97 Å². The topological polar surface area (TPSA) is 49.3 Å². The molecule has 2 aliphatic rings. The number of hydrogen-bond donors (Lipinski definition) is 2. The Morgan fingerprint density at radius 2 is 1.80 bits per heavy atom. The normalized spacial score (nSPS) is 33.9. The molecule has 0 unspecified atom stereocenters. The highest BCUT2D eigenvalue weighted by Gasteiger charge is 2.31. The zero-order chi connectivity index (χ0) is 10.7. The fourth-order valence-electron chi connectivity index (χ4n) is 3.17. The first-order chi connectivity index (χ1) is 7.27. The van der Waals surface area contributed by atoms with Crippen molar-refractivity contribution in [3.63, 3.8) is 0 Å². The van der Waals surface area contributed by atoms with Crippen LogP contribution in [0.5, 0.6) is 0 Å². The SMILES string of the molecule is O=C(O)[C@@H]1C[C@H](C2CCCCC2)CCN1. The van der Waals surface area contributed by atoms with Crippen molar-refractivity contribution in [1.29, 1.82) is 0 Å². The molecular formula is C12H21NO2. The van der Waals surface area contributed by atoms with E-state index in [1.165, 1.54) is 38.5 Å². The van der Waals surface area contributed by atoms with E-state index in [9.17, 15) is 4.79 Å². The molecule has 15 heavy (non-hydrogen) atoms. The summed E-state index contributed by atoms with van der Waals surface area (Å²) >= 11 is 0. The van der Waals surface area contributed by atoms with Crippen LogP contribution in [-0.2, 0) is 4.79 Å². The maximum absolute atomic E-state index is 10.9.